The van der Waals surface area contributed by atoms with Gasteiger partial charge in [0.2, 0.25) is 0 Å². The normalized spacial score (nSPS) is 9.82. The van der Waals surface area contributed by atoms with Gasteiger partial charge in [0.15, 0.2) is 5.82 Å². The molecule has 0 unspecified atom stereocenters. The number of benzene rings is 1. The highest BCUT2D eigenvalue weighted by Gasteiger charge is 2.07. The van der Waals surface area contributed by atoms with Crippen molar-refractivity contribution in [1.82, 2.24) is 14.8 Å². The molecule has 0 fully saturated rings. The average molecular weight is 229 g/mol. The highest BCUT2D eigenvalue weighted by Crippen LogP contribution is 2.18. The molecule has 7 heteroatoms. The minimum absolute atomic E-state index is 0.0187. The zero-order valence-corrected chi connectivity index (χ0v) is 8.65. The zero-order chi connectivity index (χ0) is 12.3. The summed E-state index contributed by atoms with van der Waals surface area (Å²) in [5.41, 5.74) is 0.692. The maximum atomic E-state index is 10.5. The van der Waals surface area contributed by atoms with Crippen LogP contribution in [-0.4, -0.2) is 19.7 Å². The predicted molar refractivity (Wildman–Crippen MR) is 57.7 cm³/mol. The minimum Gasteiger partial charge on any atom is -0.258 e. The summed E-state index contributed by atoms with van der Waals surface area (Å²) in [6, 6.07) is 7.87. The maximum Gasteiger partial charge on any atom is 0.269 e. The van der Waals surface area contributed by atoms with Crippen LogP contribution in [-0.2, 0) is 6.54 Å². The van der Waals surface area contributed by atoms with Crippen LogP contribution < -0.4 is 0 Å². The van der Waals surface area contributed by atoms with Gasteiger partial charge >= 0.3 is 0 Å². The van der Waals surface area contributed by atoms with Crippen LogP contribution in [0.5, 0.6) is 0 Å². The van der Waals surface area contributed by atoms with E-state index in [1.165, 1.54) is 23.1 Å². The predicted octanol–water partition coefficient (Wildman–Crippen LogP) is 1.38. The molecule has 1 aromatic heterocycles. The Balaban J connectivity index is 2.27. The molecular formula is C10H7N5O2. The molecule has 0 bridgehead atoms. The van der Waals surface area contributed by atoms with E-state index in [0.29, 0.717) is 11.4 Å². The highest BCUT2D eigenvalue weighted by atomic mass is 16.6. The molecule has 0 spiro atoms. The summed E-state index contributed by atoms with van der Waals surface area (Å²) in [5, 5.41) is 23.0. The van der Waals surface area contributed by atoms with Crippen LogP contribution in [0.3, 0.4) is 0 Å². The van der Waals surface area contributed by atoms with Gasteiger partial charge in [-0.1, -0.05) is 0 Å². The van der Waals surface area contributed by atoms with Gasteiger partial charge in [0, 0.05) is 17.7 Å². The van der Waals surface area contributed by atoms with Crippen LogP contribution in [0.1, 0.15) is 0 Å². The SMILES string of the molecule is N#CCn1cnc(-c2ccc([N+](=O)[O-])cc2)n1. The molecule has 17 heavy (non-hydrogen) atoms. The Morgan fingerprint density at radius 3 is 2.71 bits per heavy atom. The lowest BCUT2D eigenvalue weighted by atomic mass is 10.2. The Kier molecular flexibility index (Phi) is 2.79. The van der Waals surface area contributed by atoms with Crippen LogP contribution >= 0.6 is 0 Å². The first kappa shape index (κ1) is 10.8. The molecule has 0 N–H and O–H groups in total. The van der Waals surface area contributed by atoms with Crippen molar-refractivity contribution in [2.45, 2.75) is 6.54 Å². The number of nitrogens with zero attached hydrogens (tertiary/aromatic N) is 5. The first-order chi connectivity index (χ1) is 8.20. The van der Waals surface area contributed by atoms with Crippen LogP contribution in [0.25, 0.3) is 11.4 Å². The monoisotopic (exact) mass is 229 g/mol. The fraction of sp³-hybridized carbons (Fsp3) is 0.100. The fourth-order valence-electron chi connectivity index (χ4n) is 1.31. The van der Waals surface area contributed by atoms with Gasteiger partial charge in [-0.3, -0.25) is 10.1 Å². The molecule has 0 atom stereocenters. The summed E-state index contributed by atoms with van der Waals surface area (Å²) in [6.45, 7) is 0.125. The third-order valence-electron chi connectivity index (χ3n) is 2.11. The lowest BCUT2D eigenvalue weighted by Crippen LogP contribution is -1.95. The minimum atomic E-state index is -0.467. The van der Waals surface area contributed by atoms with Crippen LogP contribution in [0.2, 0.25) is 0 Å². The summed E-state index contributed by atoms with van der Waals surface area (Å²) < 4.78 is 1.40. The average Bonchev–Trinajstić information content (AvgIpc) is 2.78. The number of nitro groups is 1. The molecular weight excluding hydrogens is 222 g/mol. The number of nitro benzene ring substituents is 1. The van der Waals surface area contributed by atoms with Gasteiger partial charge < -0.3 is 0 Å². The number of nitriles is 1. The van der Waals surface area contributed by atoms with Gasteiger partial charge in [-0.25, -0.2) is 9.67 Å². The summed E-state index contributed by atoms with van der Waals surface area (Å²) in [6.07, 6.45) is 1.44. The Morgan fingerprint density at radius 1 is 1.41 bits per heavy atom. The molecule has 0 radical (unpaired) electrons. The molecule has 0 aliphatic rings. The third-order valence-corrected chi connectivity index (χ3v) is 2.11. The molecule has 0 saturated carbocycles. The van der Waals surface area contributed by atoms with E-state index in [0.717, 1.165) is 0 Å². The van der Waals surface area contributed by atoms with E-state index >= 15 is 0 Å². The lowest BCUT2D eigenvalue weighted by Gasteiger charge is -1.94. The first-order valence-electron chi connectivity index (χ1n) is 4.72. The van der Waals surface area contributed by atoms with E-state index < -0.39 is 4.92 Å². The standard InChI is InChI=1S/C10H7N5O2/c11-5-6-14-7-12-10(13-14)8-1-3-9(4-2-8)15(16)17/h1-4,7H,6H2. The van der Waals surface area contributed by atoms with Crippen molar-refractivity contribution in [3.63, 3.8) is 0 Å². The summed E-state index contributed by atoms with van der Waals surface area (Å²) in [5.74, 6) is 0.440. The number of hydrogen-bond donors (Lipinski definition) is 0. The molecule has 7 nitrogen and oxygen atoms in total. The second kappa shape index (κ2) is 4.40. The van der Waals surface area contributed by atoms with Crippen molar-refractivity contribution in [2.24, 2.45) is 0 Å². The van der Waals surface area contributed by atoms with E-state index in [4.69, 9.17) is 5.26 Å². The number of hydrogen-bond acceptors (Lipinski definition) is 5. The Labute approximate surface area is 96.1 Å². The highest BCUT2D eigenvalue weighted by molar-refractivity contribution is 5.56. The summed E-state index contributed by atoms with van der Waals surface area (Å²) in [4.78, 5) is 14.0. The molecule has 1 aromatic carbocycles. The molecule has 2 rings (SSSR count). The van der Waals surface area contributed by atoms with Crippen molar-refractivity contribution in [3.8, 4) is 17.5 Å². The maximum absolute atomic E-state index is 10.5. The first-order valence-corrected chi connectivity index (χ1v) is 4.72. The largest absolute Gasteiger partial charge is 0.269 e. The Morgan fingerprint density at radius 2 is 2.12 bits per heavy atom. The van der Waals surface area contributed by atoms with Crippen molar-refractivity contribution >= 4 is 5.69 Å². The van der Waals surface area contributed by atoms with E-state index in [2.05, 4.69) is 10.1 Å². The topological polar surface area (TPSA) is 97.6 Å². The second-order valence-electron chi connectivity index (χ2n) is 3.23. The van der Waals surface area contributed by atoms with Gasteiger partial charge in [-0.05, 0) is 12.1 Å². The van der Waals surface area contributed by atoms with Gasteiger partial charge in [0.05, 0.1) is 11.0 Å². The molecule has 0 amide bonds. The van der Waals surface area contributed by atoms with Crippen LogP contribution in [0.4, 0.5) is 5.69 Å². The van der Waals surface area contributed by atoms with Gasteiger partial charge in [0.25, 0.3) is 5.69 Å². The Hall–Kier alpha value is -2.75. The molecule has 0 aliphatic carbocycles. The van der Waals surface area contributed by atoms with Crippen molar-refractivity contribution in [1.29, 1.82) is 5.26 Å². The smallest absolute Gasteiger partial charge is 0.258 e. The van der Waals surface area contributed by atoms with E-state index in [1.807, 2.05) is 6.07 Å². The second-order valence-corrected chi connectivity index (χ2v) is 3.23. The molecule has 2 aromatic rings. The number of non-ortho nitro benzene ring substituents is 1. The fourth-order valence-corrected chi connectivity index (χ4v) is 1.31. The lowest BCUT2D eigenvalue weighted by molar-refractivity contribution is -0.384. The van der Waals surface area contributed by atoms with Crippen molar-refractivity contribution in [3.05, 3.63) is 40.7 Å². The van der Waals surface area contributed by atoms with Crippen molar-refractivity contribution < 1.29 is 4.92 Å². The quantitative estimate of drug-likeness (QED) is 0.584. The third kappa shape index (κ3) is 2.26. The van der Waals surface area contributed by atoms with E-state index in [1.54, 1.807) is 12.1 Å². The van der Waals surface area contributed by atoms with Gasteiger partial charge in [0.1, 0.15) is 12.9 Å². The van der Waals surface area contributed by atoms with E-state index in [9.17, 15) is 10.1 Å². The zero-order valence-electron chi connectivity index (χ0n) is 8.65. The van der Waals surface area contributed by atoms with E-state index in [-0.39, 0.29) is 12.2 Å². The van der Waals surface area contributed by atoms with Crippen LogP contribution in [0, 0.1) is 21.4 Å². The Bertz CT molecular complexity index is 581. The molecule has 84 valence electrons. The van der Waals surface area contributed by atoms with Gasteiger partial charge in [-0.2, -0.15) is 5.26 Å². The number of rotatable bonds is 3. The summed E-state index contributed by atoms with van der Waals surface area (Å²) in [7, 11) is 0. The number of aromatic nitrogens is 3. The molecule has 0 saturated heterocycles. The van der Waals surface area contributed by atoms with Gasteiger partial charge in [-0.15, -0.1) is 5.10 Å². The van der Waals surface area contributed by atoms with Crippen molar-refractivity contribution in [2.75, 3.05) is 0 Å². The molecule has 1 heterocycles. The van der Waals surface area contributed by atoms with Crippen LogP contribution in [0.15, 0.2) is 30.6 Å². The summed E-state index contributed by atoms with van der Waals surface area (Å²) >= 11 is 0. The molecule has 0 aliphatic heterocycles.